The van der Waals surface area contributed by atoms with Crippen LogP contribution < -0.4 is 5.43 Å². The molecule has 3 rings (SSSR count). The van der Waals surface area contributed by atoms with E-state index in [1.165, 1.54) is 0 Å². The Labute approximate surface area is 134 Å². The van der Waals surface area contributed by atoms with Crippen LogP contribution in [0.15, 0.2) is 71.8 Å². The Hall–Kier alpha value is -3.14. The maximum atomic E-state index is 12.4. The maximum Gasteiger partial charge on any atom is 0.272 e. The largest absolute Gasteiger partial charge is 0.507 e. The zero-order chi connectivity index (χ0) is 16.2. The van der Waals surface area contributed by atoms with Crippen LogP contribution in [0.2, 0.25) is 0 Å². The van der Waals surface area contributed by atoms with Gasteiger partial charge in [-0.25, -0.2) is 5.43 Å². The molecule has 2 N–H and O–H groups in total. The monoisotopic (exact) mass is 304 g/mol. The molecule has 0 bridgehead atoms. The van der Waals surface area contributed by atoms with Crippen molar-refractivity contribution in [2.45, 2.75) is 6.92 Å². The zero-order valence-electron chi connectivity index (χ0n) is 12.7. The molecule has 0 aliphatic rings. The molecule has 4 nitrogen and oxygen atoms in total. The molecule has 4 heteroatoms. The zero-order valence-corrected chi connectivity index (χ0v) is 12.7. The number of hydrogen-bond donors (Lipinski definition) is 2. The number of hydrogen-bond acceptors (Lipinski definition) is 3. The summed E-state index contributed by atoms with van der Waals surface area (Å²) in [5, 5.41) is 15.8. The number of aromatic hydroxyl groups is 1. The topological polar surface area (TPSA) is 61.7 Å². The van der Waals surface area contributed by atoms with E-state index < -0.39 is 0 Å². The number of benzene rings is 3. The molecule has 0 saturated heterocycles. The van der Waals surface area contributed by atoms with Crippen LogP contribution in [-0.2, 0) is 0 Å². The molecule has 0 fully saturated rings. The smallest absolute Gasteiger partial charge is 0.272 e. The van der Waals surface area contributed by atoms with E-state index in [0.717, 1.165) is 10.8 Å². The number of carbonyl (C=O) groups is 1. The van der Waals surface area contributed by atoms with Crippen LogP contribution in [-0.4, -0.2) is 16.7 Å². The van der Waals surface area contributed by atoms with Gasteiger partial charge in [-0.05, 0) is 35.9 Å². The van der Waals surface area contributed by atoms with Crippen LogP contribution in [0.4, 0.5) is 0 Å². The van der Waals surface area contributed by atoms with Crippen LogP contribution in [0.1, 0.15) is 22.8 Å². The Morgan fingerprint density at radius 2 is 1.57 bits per heavy atom. The average molecular weight is 304 g/mol. The number of para-hydroxylation sites is 1. The number of carbonyl (C=O) groups excluding carboxylic acids is 1. The summed E-state index contributed by atoms with van der Waals surface area (Å²) >= 11 is 0. The summed E-state index contributed by atoms with van der Waals surface area (Å²) in [5.41, 5.74) is 4.25. The van der Waals surface area contributed by atoms with Gasteiger partial charge in [0.1, 0.15) is 5.75 Å². The third kappa shape index (κ3) is 3.06. The van der Waals surface area contributed by atoms with Gasteiger partial charge >= 0.3 is 0 Å². The Bertz CT molecular complexity index is 895. The van der Waals surface area contributed by atoms with Crippen LogP contribution in [0.25, 0.3) is 10.8 Å². The summed E-state index contributed by atoms with van der Waals surface area (Å²) in [6.07, 6.45) is 0. The molecule has 0 spiro atoms. The summed E-state index contributed by atoms with van der Waals surface area (Å²) in [5.74, 6) is -0.148. The second-order valence-corrected chi connectivity index (χ2v) is 5.18. The number of nitrogens with one attached hydrogen (secondary N) is 1. The van der Waals surface area contributed by atoms with Gasteiger partial charge in [0, 0.05) is 11.1 Å². The van der Waals surface area contributed by atoms with Crippen molar-refractivity contribution in [3.8, 4) is 5.75 Å². The van der Waals surface area contributed by atoms with E-state index in [1.807, 2.05) is 36.4 Å². The lowest BCUT2D eigenvalue weighted by molar-refractivity contribution is 0.0956. The number of fused-ring (bicyclic) bond motifs is 1. The first-order chi connectivity index (χ1) is 11.2. The average Bonchev–Trinajstić information content (AvgIpc) is 2.59. The van der Waals surface area contributed by atoms with E-state index in [9.17, 15) is 9.90 Å². The molecule has 0 radical (unpaired) electrons. The minimum Gasteiger partial charge on any atom is -0.507 e. The van der Waals surface area contributed by atoms with Crippen molar-refractivity contribution in [2.24, 2.45) is 5.10 Å². The lowest BCUT2D eigenvalue weighted by Crippen LogP contribution is -2.19. The molecule has 0 aliphatic carbocycles. The van der Waals surface area contributed by atoms with E-state index in [-0.39, 0.29) is 11.7 Å². The molecule has 114 valence electrons. The van der Waals surface area contributed by atoms with E-state index in [2.05, 4.69) is 10.5 Å². The molecular weight excluding hydrogens is 288 g/mol. The Morgan fingerprint density at radius 3 is 2.39 bits per heavy atom. The van der Waals surface area contributed by atoms with Crippen molar-refractivity contribution >= 4 is 22.4 Å². The maximum absolute atomic E-state index is 12.4. The predicted molar refractivity (Wildman–Crippen MR) is 91.7 cm³/mol. The Balaban J connectivity index is 1.87. The molecule has 0 atom stereocenters. The highest BCUT2D eigenvalue weighted by molar-refractivity contribution is 6.08. The van der Waals surface area contributed by atoms with E-state index >= 15 is 0 Å². The molecule has 0 aliphatic heterocycles. The highest BCUT2D eigenvalue weighted by Crippen LogP contribution is 2.19. The minimum atomic E-state index is -0.281. The van der Waals surface area contributed by atoms with Crippen molar-refractivity contribution < 1.29 is 9.90 Å². The summed E-state index contributed by atoms with van der Waals surface area (Å²) < 4.78 is 0. The van der Waals surface area contributed by atoms with Gasteiger partial charge in [-0.3, -0.25) is 4.79 Å². The number of rotatable bonds is 3. The van der Waals surface area contributed by atoms with Gasteiger partial charge in [0.15, 0.2) is 0 Å². The van der Waals surface area contributed by atoms with Crippen molar-refractivity contribution in [1.29, 1.82) is 0 Å². The Kier molecular flexibility index (Phi) is 4.06. The van der Waals surface area contributed by atoms with Crippen LogP contribution >= 0.6 is 0 Å². The molecule has 0 saturated carbocycles. The van der Waals surface area contributed by atoms with Gasteiger partial charge in [-0.1, -0.05) is 48.5 Å². The van der Waals surface area contributed by atoms with Gasteiger partial charge in [-0.15, -0.1) is 0 Å². The highest BCUT2D eigenvalue weighted by Gasteiger charge is 2.09. The third-order valence-electron chi connectivity index (χ3n) is 3.65. The van der Waals surface area contributed by atoms with E-state index in [4.69, 9.17) is 0 Å². The van der Waals surface area contributed by atoms with Gasteiger partial charge in [0.25, 0.3) is 5.91 Å². The summed E-state index contributed by atoms with van der Waals surface area (Å²) in [4.78, 5) is 12.4. The first-order valence-corrected chi connectivity index (χ1v) is 7.27. The fourth-order valence-electron chi connectivity index (χ4n) is 2.46. The second-order valence-electron chi connectivity index (χ2n) is 5.18. The predicted octanol–water partition coefficient (Wildman–Crippen LogP) is 3.70. The second kappa shape index (κ2) is 6.32. The number of phenols is 1. The van der Waals surface area contributed by atoms with Crippen LogP contribution in [0.3, 0.4) is 0 Å². The number of hydrazone groups is 1. The number of nitrogens with zero attached hydrogens (tertiary/aromatic N) is 1. The van der Waals surface area contributed by atoms with Gasteiger partial charge < -0.3 is 5.11 Å². The molecule has 1 amide bonds. The highest BCUT2D eigenvalue weighted by atomic mass is 16.3. The van der Waals surface area contributed by atoms with Crippen molar-refractivity contribution in [3.63, 3.8) is 0 Å². The summed E-state index contributed by atoms with van der Waals surface area (Å²) in [6.45, 7) is 1.73. The molecule has 0 heterocycles. The number of phenolic OH excluding ortho intramolecular Hbond substituents is 1. The molecule has 23 heavy (non-hydrogen) atoms. The molecule has 0 aromatic heterocycles. The lowest BCUT2D eigenvalue weighted by atomic mass is 10.0. The summed E-state index contributed by atoms with van der Waals surface area (Å²) in [7, 11) is 0. The molecule has 0 unspecified atom stereocenters. The van der Waals surface area contributed by atoms with Gasteiger partial charge in [-0.2, -0.15) is 5.10 Å². The minimum absolute atomic E-state index is 0.133. The van der Waals surface area contributed by atoms with Crippen molar-refractivity contribution in [3.05, 3.63) is 77.9 Å². The molecular formula is C19H16N2O2. The normalized spacial score (nSPS) is 11.4. The first kappa shape index (κ1) is 14.8. The van der Waals surface area contributed by atoms with Crippen molar-refractivity contribution in [2.75, 3.05) is 0 Å². The molecule has 3 aromatic carbocycles. The Morgan fingerprint density at radius 1 is 0.913 bits per heavy atom. The molecule has 3 aromatic rings. The first-order valence-electron chi connectivity index (χ1n) is 7.27. The van der Waals surface area contributed by atoms with E-state index in [0.29, 0.717) is 16.8 Å². The summed E-state index contributed by atoms with van der Waals surface area (Å²) in [6, 6.07) is 20.1. The lowest BCUT2D eigenvalue weighted by Gasteiger charge is -2.07. The van der Waals surface area contributed by atoms with Gasteiger partial charge in [0.2, 0.25) is 0 Å². The third-order valence-corrected chi connectivity index (χ3v) is 3.65. The standard InChI is InChI=1S/C19H16N2O2/c1-13(15-9-4-5-12-18(15)22)20-21-19(23)17-11-6-8-14-7-2-3-10-16(14)17/h2-12,22H,1H3,(H,21,23)/b20-13+. The fraction of sp³-hybridized carbons (Fsp3) is 0.0526. The van der Waals surface area contributed by atoms with Crippen LogP contribution in [0.5, 0.6) is 5.75 Å². The SMILES string of the molecule is C/C(=N\NC(=O)c1cccc2ccccc12)c1ccccc1O. The van der Waals surface area contributed by atoms with Crippen LogP contribution in [0, 0.1) is 0 Å². The van der Waals surface area contributed by atoms with E-state index in [1.54, 1.807) is 37.3 Å². The quantitative estimate of drug-likeness (QED) is 0.572. The number of amides is 1. The van der Waals surface area contributed by atoms with Gasteiger partial charge in [0.05, 0.1) is 5.71 Å². The fourth-order valence-corrected chi connectivity index (χ4v) is 2.46. The van der Waals surface area contributed by atoms with Crippen molar-refractivity contribution in [1.82, 2.24) is 5.43 Å².